The first-order valence-corrected chi connectivity index (χ1v) is 9.04. The maximum atomic E-state index is 2.23. The lowest BCUT2D eigenvalue weighted by molar-refractivity contribution is 1.46. The molecule has 26 heavy (non-hydrogen) atoms. The lowest BCUT2D eigenvalue weighted by atomic mass is 9.97. The van der Waals surface area contributed by atoms with Crippen molar-refractivity contribution in [1.29, 1.82) is 0 Å². The van der Waals surface area contributed by atoms with Gasteiger partial charge in [-0.05, 0) is 47.2 Å². The summed E-state index contributed by atoms with van der Waals surface area (Å²) in [5, 5.41) is 0. The molecule has 0 saturated carbocycles. The molecule has 0 saturated heterocycles. The van der Waals surface area contributed by atoms with E-state index in [-0.39, 0.29) is 0 Å². The van der Waals surface area contributed by atoms with Crippen molar-refractivity contribution in [1.82, 2.24) is 0 Å². The summed E-state index contributed by atoms with van der Waals surface area (Å²) >= 11 is 0. The van der Waals surface area contributed by atoms with E-state index in [4.69, 9.17) is 0 Å². The summed E-state index contributed by atoms with van der Waals surface area (Å²) in [4.78, 5) is 0. The average molecular weight is 334 g/mol. The van der Waals surface area contributed by atoms with Crippen molar-refractivity contribution in [2.45, 2.75) is 13.8 Å². The van der Waals surface area contributed by atoms with Crippen LogP contribution in [0, 0.1) is 13.8 Å². The van der Waals surface area contributed by atoms with Crippen molar-refractivity contribution in [3.05, 3.63) is 108 Å². The topological polar surface area (TPSA) is 0 Å². The Hall–Kier alpha value is -3.12. The average Bonchev–Trinajstić information content (AvgIpc) is 2.68. The fourth-order valence-electron chi connectivity index (χ4n) is 3.36. The van der Waals surface area contributed by atoms with E-state index >= 15 is 0 Å². The maximum Gasteiger partial charge on any atom is -0.0181 e. The predicted molar refractivity (Wildman–Crippen MR) is 112 cm³/mol. The largest absolute Gasteiger partial charge is 0.0614 e. The van der Waals surface area contributed by atoms with Crippen molar-refractivity contribution < 1.29 is 0 Å². The number of rotatable bonds is 3. The molecule has 0 aliphatic heterocycles. The Labute approximate surface area is 155 Å². The third kappa shape index (κ3) is 3.45. The minimum atomic E-state index is 1.25. The maximum absolute atomic E-state index is 2.23. The van der Waals surface area contributed by atoms with Crippen LogP contribution in [0.1, 0.15) is 11.1 Å². The Balaban J connectivity index is 1.60. The molecule has 0 radical (unpaired) electrons. The molecule has 0 heteroatoms. The van der Waals surface area contributed by atoms with Crippen LogP contribution in [0.15, 0.2) is 97.1 Å². The van der Waals surface area contributed by atoms with Gasteiger partial charge in [-0.25, -0.2) is 0 Å². The van der Waals surface area contributed by atoms with Gasteiger partial charge in [0.1, 0.15) is 0 Å². The molecule has 0 nitrogen and oxygen atoms in total. The minimum Gasteiger partial charge on any atom is -0.0614 e. The molecule has 0 heterocycles. The van der Waals surface area contributed by atoms with Crippen LogP contribution in [-0.2, 0) is 0 Å². The van der Waals surface area contributed by atoms with Gasteiger partial charge in [-0.2, -0.15) is 0 Å². The van der Waals surface area contributed by atoms with Crippen LogP contribution in [0.2, 0.25) is 0 Å². The van der Waals surface area contributed by atoms with Gasteiger partial charge in [0.2, 0.25) is 0 Å². The highest BCUT2D eigenvalue weighted by Gasteiger charge is 2.02. The monoisotopic (exact) mass is 334 g/mol. The normalized spacial score (nSPS) is 10.7. The van der Waals surface area contributed by atoms with Gasteiger partial charge >= 0.3 is 0 Å². The molecule has 0 fully saturated rings. The van der Waals surface area contributed by atoms with Gasteiger partial charge in [-0.1, -0.05) is 108 Å². The second-order valence-electron chi connectivity index (χ2n) is 6.89. The van der Waals surface area contributed by atoms with Gasteiger partial charge < -0.3 is 0 Å². The van der Waals surface area contributed by atoms with E-state index < -0.39 is 0 Å². The lowest BCUT2D eigenvalue weighted by Crippen LogP contribution is -1.83. The molecule has 0 aromatic heterocycles. The first kappa shape index (κ1) is 16.4. The van der Waals surface area contributed by atoms with E-state index in [2.05, 4.69) is 111 Å². The molecule has 126 valence electrons. The Morgan fingerprint density at radius 2 is 0.654 bits per heavy atom. The van der Waals surface area contributed by atoms with E-state index in [0.717, 1.165) is 0 Å². The molecular weight excluding hydrogens is 312 g/mol. The lowest BCUT2D eigenvalue weighted by Gasteiger charge is -2.08. The quantitative estimate of drug-likeness (QED) is 0.368. The van der Waals surface area contributed by atoms with Crippen LogP contribution < -0.4 is 0 Å². The number of hydrogen-bond donors (Lipinski definition) is 0. The zero-order chi connectivity index (χ0) is 17.9. The van der Waals surface area contributed by atoms with E-state index in [9.17, 15) is 0 Å². The molecule has 0 aliphatic rings. The zero-order valence-corrected chi connectivity index (χ0v) is 15.2. The van der Waals surface area contributed by atoms with Crippen LogP contribution in [0.4, 0.5) is 0 Å². The number of benzene rings is 4. The molecule has 4 rings (SSSR count). The second kappa shape index (κ2) is 7.01. The zero-order valence-electron chi connectivity index (χ0n) is 15.2. The van der Waals surface area contributed by atoms with Gasteiger partial charge in [-0.15, -0.1) is 0 Å². The van der Waals surface area contributed by atoms with Crippen molar-refractivity contribution in [2.75, 3.05) is 0 Å². The molecule has 4 aromatic rings. The van der Waals surface area contributed by atoms with Crippen LogP contribution in [0.5, 0.6) is 0 Å². The smallest absolute Gasteiger partial charge is 0.0181 e. The summed E-state index contributed by atoms with van der Waals surface area (Å²) in [6.07, 6.45) is 0. The first-order chi connectivity index (χ1) is 12.7. The SMILES string of the molecule is Cc1cccc(-c2ccc(-c3ccc(-c4cccc(C)c4)cc3)cc2)c1. The molecule has 0 bridgehead atoms. The molecule has 4 aromatic carbocycles. The molecule has 0 spiro atoms. The molecular formula is C26H22. The van der Waals surface area contributed by atoms with Crippen molar-refractivity contribution >= 4 is 0 Å². The van der Waals surface area contributed by atoms with Crippen LogP contribution in [0.25, 0.3) is 33.4 Å². The van der Waals surface area contributed by atoms with Crippen molar-refractivity contribution in [2.24, 2.45) is 0 Å². The molecule has 0 N–H and O–H groups in total. The number of hydrogen-bond acceptors (Lipinski definition) is 0. The number of aryl methyl sites for hydroxylation is 2. The van der Waals surface area contributed by atoms with Crippen LogP contribution >= 0.6 is 0 Å². The van der Waals surface area contributed by atoms with Gasteiger partial charge in [-0.3, -0.25) is 0 Å². The van der Waals surface area contributed by atoms with Gasteiger partial charge in [0.05, 0.1) is 0 Å². The fraction of sp³-hybridized carbons (Fsp3) is 0.0769. The predicted octanol–water partition coefficient (Wildman–Crippen LogP) is 7.30. The van der Waals surface area contributed by atoms with Gasteiger partial charge in [0, 0.05) is 0 Å². The van der Waals surface area contributed by atoms with Crippen LogP contribution in [0.3, 0.4) is 0 Å². The van der Waals surface area contributed by atoms with Gasteiger partial charge in [0.15, 0.2) is 0 Å². The highest BCUT2D eigenvalue weighted by atomic mass is 14.1. The second-order valence-corrected chi connectivity index (χ2v) is 6.89. The Bertz CT molecular complexity index is 935. The van der Waals surface area contributed by atoms with E-state index in [0.29, 0.717) is 0 Å². The third-order valence-electron chi connectivity index (χ3n) is 4.81. The Kier molecular flexibility index (Phi) is 4.41. The Morgan fingerprint density at radius 3 is 0.962 bits per heavy atom. The van der Waals surface area contributed by atoms with E-state index in [1.165, 1.54) is 44.5 Å². The van der Waals surface area contributed by atoms with Crippen molar-refractivity contribution in [3.8, 4) is 33.4 Å². The summed E-state index contributed by atoms with van der Waals surface area (Å²) in [5.74, 6) is 0. The van der Waals surface area contributed by atoms with E-state index in [1.54, 1.807) is 0 Å². The van der Waals surface area contributed by atoms with Crippen LogP contribution in [-0.4, -0.2) is 0 Å². The third-order valence-corrected chi connectivity index (χ3v) is 4.81. The Morgan fingerprint density at radius 1 is 0.346 bits per heavy atom. The summed E-state index contributed by atoms with van der Waals surface area (Å²) in [5.41, 5.74) is 10.1. The molecule has 0 aliphatic carbocycles. The fourth-order valence-corrected chi connectivity index (χ4v) is 3.36. The highest BCUT2D eigenvalue weighted by Crippen LogP contribution is 2.28. The molecule has 0 amide bonds. The summed E-state index contributed by atoms with van der Waals surface area (Å²) in [6.45, 7) is 4.27. The standard InChI is InChI=1S/C26H22/c1-19-5-3-7-25(17-19)23-13-9-21(10-14-23)22-11-15-24(16-12-22)26-8-4-6-20(2)18-26/h3-18H,1-2H3. The summed E-state index contributed by atoms with van der Waals surface area (Å²) in [6, 6.07) is 34.9. The minimum absolute atomic E-state index is 1.25. The highest BCUT2D eigenvalue weighted by molar-refractivity contribution is 5.73. The summed E-state index contributed by atoms with van der Waals surface area (Å²) in [7, 11) is 0. The van der Waals surface area contributed by atoms with Crippen molar-refractivity contribution in [3.63, 3.8) is 0 Å². The van der Waals surface area contributed by atoms with Gasteiger partial charge in [0.25, 0.3) is 0 Å². The molecule has 0 atom stereocenters. The first-order valence-electron chi connectivity index (χ1n) is 9.04. The summed E-state index contributed by atoms with van der Waals surface area (Å²) < 4.78 is 0. The molecule has 0 unspecified atom stereocenters. The van der Waals surface area contributed by atoms with E-state index in [1.807, 2.05) is 0 Å².